The van der Waals surface area contributed by atoms with Crippen LogP contribution in [0.3, 0.4) is 0 Å². The average molecular weight is 594 g/mol. The molecule has 1 aromatic heterocycles. The van der Waals surface area contributed by atoms with Crippen LogP contribution in [0.15, 0.2) is 54.7 Å². The molecule has 1 spiro atoms. The number of nitrogens with zero attached hydrogens (tertiary/aromatic N) is 4. The van der Waals surface area contributed by atoms with Crippen LogP contribution in [0.1, 0.15) is 37.1 Å². The van der Waals surface area contributed by atoms with Gasteiger partial charge in [0.2, 0.25) is 0 Å². The summed E-state index contributed by atoms with van der Waals surface area (Å²) in [7, 11) is -2.87. The van der Waals surface area contributed by atoms with Crippen molar-refractivity contribution in [3.05, 3.63) is 71.5 Å². The minimum absolute atomic E-state index is 0.0164. The quantitative estimate of drug-likeness (QED) is 0.262. The van der Waals surface area contributed by atoms with Crippen LogP contribution in [0, 0.1) is 5.92 Å². The topological polar surface area (TPSA) is 150 Å². The minimum atomic E-state index is -2.87. The summed E-state index contributed by atoms with van der Waals surface area (Å²) in [5.41, 5.74) is 1.77. The molecule has 11 nitrogen and oxygen atoms in total. The number of aliphatic hydroxyl groups excluding tert-OH is 2. The Balaban J connectivity index is 1.54. The van der Waals surface area contributed by atoms with Crippen molar-refractivity contribution in [1.82, 2.24) is 15.0 Å². The maximum atomic E-state index is 14.6. The Hall–Kier alpha value is -3.42. The Kier molecular flexibility index (Phi) is 8.36. The van der Waals surface area contributed by atoms with Gasteiger partial charge in [0.25, 0.3) is 11.8 Å². The maximum Gasteiger partial charge on any atom is 0.264 e. The molecule has 3 aromatic rings. The van der Waals surface area contributed by atoms with E-state index in [1.807, 2.05) is 50.3 Å². The normalized spacial score (nSPS) is 24.3. The lowest BCUT2D eigenvalue weighted by molar-refractivity contribution is -0.146. The molecule has 2 aliphatic rings. The molecule has 1 fully saturated rings. The highest BCUT2D eigenvalue weighted by atomic mass is 28.4. The highest BCUT2D eigenvalue weighted by Gasteiger charge is 2.66. The van der Waals surface area contributed by atoms with Crippen molar-refractivity contribution in [2.75, 3.05) is 16.8 Å². The zero-order chi connectivity index (χ0) is 30.2. The lowest BCUT2D eigenvalue weighted by Gasteiger charge is -2.32. The Morgan fingerprint density at radius 1 is 1.21 bits per heavy atom. The number of aromatic nitrogens is 3. The van der Waals surface area contributed by atoms with Crippen LogP contribution >= 0.6 is 0 Å². The van der Waals surface area contributed by atoms with Crippen LogP contribution in [-0.4, -0.2) is 68.9 Å². The monoisotopic (exact) mass is 593 g/mol. The molecule has 5 atom stereocenters. The van der Waals surface area contributed by atoms with Gasteiger partial charge in [-0.1, -0.05) is 42.5 Å². The Morgan fingerprint density at radius 3 is 2.62 bits per heavy atom. The molecule has 224 valence electrons. The van der Waals surface area contributed by atoms with Crippen molar-refractivity contribution < 1.29 is 29.3 Å². The smallest absolute Gasteiger partial charge is 0.264 e. The van der Waals surface area contributed by atoms with Gasteiger partial charge in [-0.3, -0.25) is 14.3 Å². The molecule has 0 saturated carbocycles. The number of carbonyl (C=O) groups excluding carboxylic acids is 2. The van der Waals surface area contributed by atoms with Gasteiger partial charge in [0, 0.05) is 48.5 Å². The molecule has 2 aliphatic heterocycles. The van der Waals surface area contributed by atoms with Gasteiger partial charge in [0.15, 0.2) is 13.9 Å². The number of aryl methyl sites for hydroxylation is 1. The van der Waals surface area contributed by atoms with E-state index in [1.165, 1.54) is 6.92 Å². The minimum Gasteiger partial charge on any atom is -0.432 e. The summed E-state index contributed by atoms with van der Waals surface area (Å²) in [6.07, 6.45) is 1.05. The first-order valence-corrected chi connectivity index (χ1v) is 17.4. The fourth-order valence-corrected chi connectivity index (χ4v) is 9.13. The Bertz CT molecular complexity index is 1440. The summed E-state index contributed by atoms with van der Waals surface area (Å²) in [6, 6.07) is 15.0. The molecule has 2 aromatic carbocycles. The van der Waals surface area contributed by atoms with E-state index in [9.17, 15) is 24.6 Å². The second kappa shape index (κ2) is 11.7. The van der Waals surface area contributed by atoms with Gasteiger partial charge in [-0.2, -0.15) is 0 Å². The molecular formula is C30H39N5O6Si. The molecule has 0 radical (unpaired) electrons. The summed E-state index contributed by atoms with van der Waals surface area (Å²) in [5, 5.41) is 30.0. The molecule has 4 N–H and O–H groups in total. The summed E-state index contributed by atoms with van der Waals surface area (Å²) in [5.74, 6) is -1.13. The number of hydrogen-bond acceptors (Lipinski definition) is 8. The van der Waals surface area contributed by atoms with Crippen molar-refractivity contribution in [2.24, 2.45) is 5.92 Å². The molecule has 0 aliphatic carbocycles. The van der Waals surface area contributed by atoms with Crippen molar-refractivity contribution >= 4 is 31.5 Å². The molecular weight excluding hydrogens is 554 g/mol. The first-order valence-electron chi connectivity index (χ1n) is 14.3. The van der Waals surface area contributed by atoms with Gasteiger partial charge >= 0.3 is 0 Å². The second-order valence-corrected chi connectivity index (χ2v) is 15.8. The predicted molar refractivity (Wildman–Crippen MR) is 159 cm³/mol. The lowest BCUT2D eigenvalue weighted by atomic mass is 9.82. The molecule has 5 rings (SSSR count). The fraction of sp³-hybridized carbons (Fsp3) is 0.467. The molecule has 12 heteroatoms. The number of rotatable bonds is 10. The summed E-state index contributed by atoms with van der Waals surface area (Å²) in [6.45, 7) is 7.90. The van der Waals surface area contributed by atoms with Crippen molar-refractivity contribution in [3.8, 4) is 0 Å². The van der Waals surface area contributed by atoms with Crippen molar-refractivity contribution in [3.63, 3.8) is 0 Å². The fourth-order valence-electron chi connectivity index (χ4n) is 6.53. The van der Waals surface area contributed by atoms with Crippen molar-refractivity contribution in [1.29, 1.82) is 0 Å². The number of amides is 2. The van der Waals surface area contributed by atoms with Gasteiger partial charge in [-0.25, -0.2) is 0 Å². The molecule has 2 amide bonds. The van der Waals surface area contributed by atoms with Crippen LogP contribution in [0.4, 0.5) is 11.4 Å². The number of aliphatic hydroxyl groups is 2. The molecule has 3 heterocycles. The number of anilines is 2. The maximum absolute atomic E-state index is 14.6. The van der Waals surface area contributed by atoms with Gasteiger partial charge in [-0.05, 0) is 50.2 Å². The number of ether oxygens (including phenoxy) is 1. The van der Waals surface area contributed by atoms with Gasteiger partial charge < -0.3 is 30.0 Å². The molecule has 0 unspecified atom stereocenters. The molecule has 42 heavy (non-hydrogen) atoms. The third-order valence-corrected chi connectivity index (χ3v) is 10.9. The highest BCUT2D eigenvalue weighted by molar-refractivity contribution is 6.71. The largest absolute Gasteiger partial charge is 0.432 e. The number of hydrogen-bond donors (Lipinski definition) is 4. The molecule has 0 bridgehead atoms. The van der Waals surface area contributed by atoms with Crippen LogP contribution < -0.4 is 10.2 Å². The number of nitrogens with one attached hydrogen (secondary N) is 1. The second-order valence-electron chi connectivity index (χ2n) is 11.9. The van der Waals surface area contributed by atoms with E-state index in [-0.39, 0.29) is 24.0 Å². The third kappa shape index (κ3) is 5.52. The van der Waals surface area contributed by atoms with E-state index in [4.69, 9.17) is 4.74 Å². The summed E-state index contributed by atoms with van der Waals surface area (Å²) in [4.78, 5) is 40.2. The van der Waals surface area contributed by atoms with E-state index >= 15 is 0 Å². The number of benzene rings is 2. The van der Waals surface area contributed by atoms with Crippen LogP contribution in [0.5, 0.6) is 0 Å². The highest BCUT2D eigenvalue weighted by Crippen LogP contribution is 2.60. The van der Waals surface area contributed by atoms with Crippen LogP contribution in [0.25, 0.3) is 0 Å². The first kappa shape index (κ1) is 30.0. The SMILES string of the molecule is C[C@H](O)C(=O)Nc1ccc2c(c1)[C@]1(O[C@@H](CCn3cc(CCO)nn3)[C@H]([Si](C)(C)O)[C@H]1C)C(=O)N2Cc1ccccc1. The lowest BCUT2D eigenvalue weighted by Crippen LogP contribution is -2.46. The van der Waals surface area contributed by atoms with E-state index in [2.05, 4.69) is 15.6 Å². The van der Waals surface area contributed by atoms with Gasteiger partial charge in [0.05, 0.1) is 24.0 Å². The van der Waals surface area contributed by atoms with E-state index < -0.39 is 32.0 Å². The van der Waals surface area contributed by atoms with Crippen molar-refractivity contribution in [2.45, 2.75) is 76.2 Å². The zero-order valence-corrected chi connectivity index (χ0v) is 25.4. The summed E-state index contributed by atoms with van der Waals surface area (Å²) >= 11 is 0. The zero-order valence-electron chi connectivity index (χ0n) is 24.4. The average Bonchev–Trinajstić information content (AvgIpc) is 3.58. The van der Waals surface area contributed by atoms with Gasteiger partial charge in [-0.15, -0.1) is 5.10 Å². The van der Waals surface area contributed by atoms with E-state index in [1.54, 1.807) is 34.0 Å². The number of fused-ring (bicyclic) bond motifs is 2. The Morgan fingerprint density at radius 2 is 1.95 bits per heavy atom. The Labute approximate surface area is 246 Å². The van der Waals surface area contributed by atoms with Gasteiger partial charge in [0.1, 0.15) is 6.10 Å². The third-order valence-electron chi connectivity index (χ3n) is 8.41. The summed E-state index contributed by atoms with van der Waals surface area (Å²) < 4.78 is 8.57. The number of carbonyl (C=O) groups is 2. The van der Waals surface area contributed by atoms with Crippen LogP contribution in [-0.2, 0) is 39.4 Å². The molecule has 1 saturated heterocycles. The van der Waals surface area contributed by atoms with Crippen LogP contribution in [0.2, 0.25) is 18.6 Å². The van der Waals surface area contributed by atoms with E-state index in [0.29, 0.717) is 48.6 Å². The standard InChI is InChI=1S/C30H39N5O6Si/c1-19-27(42(3,4)40)26(12-14-34-18-23(13-15-36)32-33-34)41-30(19)24-16-22(31-28(38)20(2)37)10-11-25(24)35(29(30)39)17-21-8-6-5-7-9-21/h5-11,16,18-20,26-27,36-37,40H,12-15,17H2,1-4H3,(H,31,38)/t19-,20+,26+,27-,30+/m1/s1. The van der Waals surface area contributed by atoms with E-state index in [0.717, 1.165) is 5.56 Å². The predicted octanol–water partition coefficient (Wildman–Crippen LogP) is 2.57. The first-order chi connectivity index (χ1) is 20.0.